The molecule has 0 aliphatic heterocycles. The van der Waals surface area contributed by atoms with Gasteiger partial charge in [-0.1, -0.05) is 48.5 Å². The van der Waals surface area contributed by atoms with Gasteiger partial charge in [0.25, 0.3) is 0 Å². The van der Waals surface area contributed by atoms with E-state index in [-0.39, 0.29) is 12.8 Å². The zero-order valence-corrected chi connectivity index (χ0v) is 18.2. The number of amides is 2. The quantitative estimate of drug-likeness (QED) is 0.266. The van der Waals surface area contributed by atoms with Crippen LogP contribution in [0.2, 0.25) is 0 Å². The Morgan fingerprint density at radius 1 is 0.970 bits per heavy atom. The molecule has 0 aliphatic carbocycles. The molecule has 1 heterocycles. The van der Waals surface area contributed by atoms with Crippen LogP contribution in [0.3, 0.4) is 0 Å². The molecule has 33 heavy (non-hydrogen) atoms. The molecule has 0 saturated heterocycles. The minimum absolute atomic E-state index is 0.0580. The van der Waals surface area contributed by atoms with Crippen LogP contribution in [-0.2, 0) is 27.2 Å². The van der Waals surface area contributed by atoms with E-state index in [2.05, 4.69) is 15.6 Å². The number of carboxylic acids is 1. The molecule has 0 radical (unpaired) electrons. The molecule has 9 heteroatoms. The molecule has 9 nitrogen and oxygen atoms in total. The smallest absolute Gasteiger partial charge is 0.326 e. The van der Waals surface area contributed by atoms with E-state index in [1.54, 1.807) is 36.5 Å². The third-order valence-corrected chi connectivity index (χ3v) is 5.41. The van der Waals surface area contributed by atoms with E-state index >= 15 is 0 Å². The number of aromatic amines is 1. The fraction of sp³-hybridized carbons (Fsp3) is 0.292. The predicted octanol–water partition coefficient (Wildman–Crippen LogP) is 0.715. The number of aliphatic hydroxyl groups excluding tert-OH is 1. The summed E-state index contributed by atoms with van der Waals surface area (Å²) in [6.45, 7) is 1.34. The number of aromatic nitrogens is 1. The maximum absolute atomic E-state index is 12.7. The molecule has 4 unspecified atom stereocenters. The van der Waals surface area contributed by atoms with Crippen LogP contribution in [0.5, 0.6) is 0 Å². The molecule has 174 valence electrons. The van der Waals surface area contributed by atoms with Crippen LogP contribution in [0.25, 0.3) is 10.9 Å². The Hall–Kier alpha value is -3.69. The highest BCUT2D eigenvalue weighted by atomic mass is 16.4. The van der Waals surface area contributed by atoms with E-state index in [0.717, 1.165) is 22.0 Å². The maximum atomic E-state index is 12.7. The minimum atomic E-state index is -1.36. The molecule has 2 aromatic carbocycles. The summed E-state index contributed by atoms with van der Waals surface area (Å²) in [6.07, 6.45) is 0.788. The largest absolute Gasteiger partial charge is 0.480 e. The van der Waals surface area contributed by atoms with Crippen LogP contribution in [0.1, 0.15) is 18.1 Å². The van der Waals surface area contributed by atoms with Crippen molar-refractivity contribution in [3.63, 3.8) is 0 Å². The van der Waals surface area contributed by atoms with Gasteiger partial charge >= 0.3 is 5.97 Å². The van der Waals surface area contributed by atoms with E-state index in [4.69, 9.17) is 5.73 Å². The third-order valence-electron chi connectivity index (χ3n) is 5.41. The second kappa shape index (κ2) is 10.8. The molecular formula is C24H28N4O5. The van der Waals surface area contributed by atoms with Gasteiger partial charge in [-0.05, 0) is 30.5 Å². The summed E-state index contributed by atoms with van der Waals surface area (Å²) in [7, 11) is 0. The van der Waals surface area contributed by atoms with Crippen molar-refractivity contribution in [1.82, 2.24) is 15.6 Å². The number of nitrogens with one attached hydrogen (secondary N) is 3. The van der Waals surface area contributed by atoms with Crippen molar-refractivity contribution in [2.24, 2.45) is 5.73 Å². The zero-order chi connectivity index (χ0) is 24.0. The normalized spacial score (nSPS) is 14.8. The molecule has 7 N–H and O–H groups in total. The van der Waals surface area contributed by atoms with Crippen LogP contribution >= 0.6 is 0 Å². The predicted molar refractivity (Wildman–Crippen MR) is 123 cm³/mol. The number of para-hydroxylation sites is 1. The van der Waals surface area contributed by atoms with Gasteiger partial charge in [0.05, 0.1) is 12.1 Å². The lowest BCUT2D eigenvalue weighted by atomic mass is 10.0. The van der Waals surface area contributed by atoms with Crippen molar-refractivity contribution in [2.45, 2.75) is 44.0 Å². The van der Waals surface area contributed by atoms with Crippen molar-refractivity contribution in [1.29, 1.82) is 0 Å². The van der Waals surface area contributed by atoms with Gasteiger partial charge in [-0.2, -0.15) is 0 Å². The number of aliphatic hydroxyl groups is 1. The molecular weight excluding hydrogens is 424 g/mol. The number of hydrogen-bond donors (Lipinski definition) is 6. The van der Waals surface area contributed by atoms with Crippen LogP contribution in [0, 0.1) is 0 Å². The number of benzene rings is 2. The van der Waals surface area contributed by atoms with Gasteiger partial charge in [0.1, 0.15) is 12.1 Å². The second-order valence-corrected chi connectivity index (χ2v) is 7.99. The van der Waals surface area contributed by atoms with E-state index in [1.807, 2.05) is 24.3 Å². The minimum Gasteiger partial charge on any atom is -0.480 e. The Morgan fingerprint density at radius 2 is 1.64 bits per heavy atom. The Morgan fingerprint density at radius 3 is 2.30 bits per heavy atom. The number of aliphatic carboxylic acids is 1. The Bertz CT molecular complexity index is 1110. The molecule has 3 rings (SSSR count). The first-order valence-electron chi connectivity index (χ1n) is 10.6. The Labute approximate surface area is 191 Å². The van der Waals surface area contributed by atoms with E-state index < -0.39 is 42.0 Å². The summed E-state index contributed by atoms with van der Waals surface area (Å²) >= 11 is 0. The number of rotatable bonds is 10. The number of fused-ring (bicyclic) bond motifs is 1. The monoisotopic (exact) mass is 452 g/mol. The molecule has 0 saturated carbocycles. The highest BCUT2D eigenvalue weighted by Crippen LogP contribution is 2.18. The molecule has 3 aromatic rings. The third kappa shape index (κ3) is 6.18. The van der Waals surface area contributed by atoms with Crippen molar-refractivity contribution in [3.8, 4) is 0 Å². The molecule has 0 spiro atoms. The van der Waals surface area contributed by atoms with Gasteiger partial charge in [0.15, 0.2) is 0 Å². The molecule has 0 bridgehead atoms. The number of carbonyl (C=O) groups excluding carboxylic acids is 2. The number of hydrogen-bond acceptors (Lipinski definition) is 5. The fourth-order valence-corrected chi connectivity index (χ4v) is 3.61. The van der Waals surface area contributed by atoms with E-state index in [0.29, 0.717) is 0 Å². The van der Waals surface area contributed by atoms with Gasteiger partial charge < -0.3 is 31.6 Å². The summed E-state index contributed by atoms with van der Waals surface area (Å²) in [5, 5.41) is 25.4. The average molecular weight is 453 g/mol. The molecule has 0 aliphatic rings. The topological polar surface area (TPSA) is 158 Å². The van der Waals surface area contributed by atoms with Gasteiger partial charge in [0.2, 0.25) is 11.8 Å². The first kappa shape index (κ1) is 24.0. The summed E-state index contributed by atoms with van der Waals surface area (Å²) in [5.74, 6) is -2.66. The van der Waals surface area contributed by atoms with Gasteiger partial charge in [0, 0.05) is 23.5 Å². The van der Waals surface area contributed by atoms with Crippen LogP contribution < -0.4 is 16.4 Å². The molecule has 4 atom stereocenters. The first-order valence-corrected chi connectivity index (χ1v) is 10.6. The fourth-order valence-electron chi connectivity index (χ4n) is 3.61. The van der Waals surface area contributed by atoms with Gasteiger partial charge in [-0.25, -0.2) is 4.79 Å². The van der Waals surface area contributed by atoms with Gasteiger partial charge in [-0.3, -0.25) is 9.59 Å². The summed E-state index contributed by atoms with van der Waals surface area (Å²) in [5.41, 5.74) is 8.56. The van der Waals surface area contributed by atoms with Gasteiger partial charge in [-0.15, -0.1) is 0 Å². The maximum Gasteiger partial charge on any atom is 0.326 e. The highest BCUT2D eigenvalue weighted by Gasteiger charge is 2.31. The lowest BCUT2D eigenvalue weighted by Crippen LogP contribution is -2.58. The first-order chi connectivity index (χ1) is 15.8. The summed E-state index contributed by atoms with van der Waals surface area (Å²) in [4.78, 5) is 40.2. The Balaban J connectivity index is 1.65. The number of carboxylic acid groups (broad SMARTS) is 1. The Kier molecular flexibility index (Phi) is 7.81. The summed E-state index contributed by atoms with van der Waals surface area (Å²) in [6, 6.07) is 12.9. The van der Waals surface area contributed by atoms with Crippen LogP contribution in [0.4, 0.5) is 0 Å². The highest BCUT2D eigenvalue weighted by molar-refractivity contribution is 5.92. The lowest BCUT2D eigenvalue weighted by molar-refractivity contribution is -0.142. The average Bonchev–Trinajstić information content (AvgIpc) is 3.20. The molecule has 0 fully saturated rings. The van der Waals surface area contributed by atoms with E-state index in [1.165, 1.54) is 6.92 Å². The van der Waals surface area contributed by atoms with E-state index in [9.17, 15) is 24.6 Å². The SMILES string of the molecule is CC(O)C(NC(=O)C(N)Cc1c[nH]c2ccccc12)C(=O)NC(Cc1ccccc1)C(=O)O. The van der Waals surface area contributed by atoms with Crippen LogP contribution in [-0.4, -0.2) is 57.2 Å². The van der Waals surface area contributed by atoms with Crippen molar-refractivity contribution >= 4 is 28.7 Å². The van der Waals surface area contributed by atoms with Crippen molar-refractivity contribution in [2.75, 3.05) is 0 Å². The van der Waals surface area contributed by atoms with Crippen molar-refractivity contribution in [3.05, 3.63) is 71.9 Å². The molecule has 1 aromatic heterocycles. The number of nitrogens with two attached hydrogens (primary N) is 1. The zero-order valence-electron chi connectivity index (χ0n) is 18.2. The van der Waals surface area contributed by atoms with Crippen molar-refractivity contribution < 1.29 is 24.6 Å². The number of H-pyrrole nitrogens is 1. The molecule has 2 amide bonds. The second-order valence-electron chi connectivity index (χ2n) is 7.99. The summed E-state index contributed by atoms with van der Waals surface area (Å²) < 4.78 is 0. The number of carbonyl (C=O) groups is 3. The van der Waals surface area contributed by atoms with Crippen LogP contribution in [0.15, 0.2) is 60.8 Å². The standard InChI is InChI=1S/C24H28N4O5/c1-14(29)21(23(31)27-20(24(32)33)11-15-7-3-2-4-8-15)28-22(30)18(25)12-16-13-26-19-10-6-5-9-17(16)19/h2-10,13-14,18,20-21,26,29H,11-12,25H2,1H3,(H,27,31)(H,28,30)(H,32,33). The lowest BCUT2D eigenvalue weighted by Gasteiger charge is -2.24.